The molecule has 10 heteroatoms. The number of halogens is 1. The largest absolute Gasteiger partial charge is 0.507 e. The third-order valence-corrected chi connectivity index (χ3v) is 5.59. The van der Waals surface area contributed by atoms with Crippen LogP contribution in [-0.4, -0.2) is 33.5 Å². The van der Waals surface area contributed by atoms with E-state index in [1.807, 2.05) is 0 Å². The summed E-state index contributed by atoms with van der Waals surface area (Å²) in [5, 5.41) is 10.6. The summed E-state index contributed by atoms with van der Waals surface area (Å²) < 4.78 is 38.0. The minimum Gasteiger partial charge on any atom is -0.507 e. The minimum absolute atomic E-state index is 0.0265. The number of nitrogens with one attached hydrogen (secondary N) is 1. The lowest BCUT2D eigenvalue weighted by Gasteiger charge is -2.15. The van der Waals surface area contributed by atoms with Gasteiger partial charge in [0.1, 0.15) is 17.3 Å². The van der Waals surface area contributed by atoms with Crippen LogP contribution < -0.4 is 10.3 Å². The molecule has 0 saturated carbocycles. The predicted octanol–water partition coefficient (Wildman–Crippen LogP) is 2.90. The number of phenols is 1. The summed E-state index contributed by atoms with van der Waals surface area (Å²) in [6, 6.07) is 9.19. The summed E-state index contributed by atoms with van der Waals surface area (Å²) >= 11 is 2.09. The Kier molecular flexibility index (Phi) is 5.40. The molecule has 0 fully saturated rings. The molecule has 8 nitrogen and oxygen atoms in total. The predicted molar refractivity (Wildman–Crippen MR) is 108 cm³/mol. The Bertz CT molecular complexity index is 1180. The van der Waals surface area contributed by atoms with Gasteiger partial charge in [-0.1, -0.05) is 6.92 Å². The quantitative estimate of drug-likeness (QED) is 0.362. The molecule has 1 aromatic heterocycles. The third-order valence-electron chi connectivity index (χ3n) is 3.82. The van der Waals surface area contributed by atoms with Crippen LogP contribution in [0.3, 0.4) is 0 Å². The Morgan fingerprint density at radius 2 is 2.00 bits per heavy atom. The number of phenolic OH excluding ortho intramolecular Hbond substituents is 1. The number of hydrogen-bond donors (Lipinski definition) is 3. The van der Waals surface area contributed by atoms with Crippen molar-refractivity contribution in [3.05, 3.63) is 50.3 Å². The molecule has 27 heavy (non-hydrogen) atoms. The number of hydrogen-bond acceptors (Lipinski definition) is 6. The zero-order chi connectivity index (χ0) is 19.8. The Morgan fingerprint density at radius 3 is 2.67 bits per heavy atom. The van der Waals surface area contributed by atoms with Crippen molar-refractivity contribution >= 4 is 43.6 Å². The molecule has 3 rings (SSSR count). The van der Waals surface area contributed by atoms with E-state index in [9.17, 15) is 22.9 Å². The lowest BCUT2D eigenvalue weighted by molar-refractivity contribution is 0.252. The van der Waals surface area contributed by atoms with Gasteiger partial charge in [-0.05, 0) is 65.4 Å². The van der Waals surface area contributed by atoms with E-state index < -0.39 is 15.6 Å². The standard InChI is InChI=1S/C17H15IN2O6S/c1-2-15(27(23,24)25)26-10-4-6-14(21)12(8-10)16-19-13-5-3-9(18)7-11(13)17(22)20-16/h3-8,15,21H,2H2,1H3,(H,19,20,22)(H,23,24,25)/t15-/m0/s1. The highest BCUT2D eigenvalue weighted by atomic mass is 127. The third kappa shape index (κ3) is 4.22. The van der Waals surface area contributed by atoms with Crippen LogP contribution in [0.5, 0.6) is 11.5 Å². The second-order valence-corrected chi connectivity index (χ2v) is 8.53. The molecule has 0 aliphatic carbocycles. The summed E-state index contributed by atoms with van der Waals surface area (Å²) in [7, 11) is -4.40. The SMILES string of the molecule is CC[C@@H](Oc1ccc(O)c(-c2nc3ccc(I)cc3c(=O)[nH]2)c1)S(=O)(=O)O. The van der Waals surface area contributed by atoms with E-state index in [-0.39, 0.29) is 34.9 Å². The van der Waals surface area contributed by atoms with Crippen molar-refractivity contribution in [3.8, 4) is 22.9 Å². The smallest absolute Gasteiger partial charge is 0.303 e. The van der Waals surface area contributed by atoms with Gasteiger partial charge in [0.2, 0.25) is 5.44 Å². The first kappa shape index (κ1) is 19.6. The number of benzene rings is 2. The minimum atomic E-state index is -4.40. The topological polar surface area (TPSA) is 130 Å². The fourth-order valence-corrected chi connectivity index (χ4v) is 3.67. The van der Waals surface area contributed by atoms with Gasteiger partial charge in [0.05, 0.1) is 16.5 Å². The highest BCUT2D eigenvalue weighted by Gasteiger charge is 2.23. The fraction of sp³-hybridized carbons (Fsp3) is 0.176. The van der Waals surface area contributed by atoms with Gasteiger partial charge < -0.3 is 14.8 Å². The number of aromatic hydroxyl groups is 1. The first-order chi connectivity index (χ1) is 12.7. The zero-order valence-corrected chi connectivity index (χ0v) is 17.0. The van der Waals surface area contributed by atoms with Crippen molar-refractivity contribution in [1.29, 1.82) is 0 Å². The summed E-state index contributed by atoms with van der Waals surface area (Å²) in [5.74, 6) is 0.0319. The second-order valence-electron chi connectivity index (χ2n) is 5.73. The molecule has 0 aliphatic rings. The maximum Gasteiger partial charge on any atom is 0.303 e. The first-order valence-electron chi connectivity index (χ1n) is 7.85. The van der Waals surface area contributed by atoms with Crippen LogP contribution in [0.25, 0.3) is 22.3 Å². The number of nitrogens with zero attached hydrogens (tertiary/aromatic N) is 1. The van der Waals surface area contributed by atoms with Gasteiger partial charge in [-0.2, -0.15) is 8.42 Å². The Morgan fingerprint density at radius 1 is 1.26 bits per heavy atom. The van der Waals surface area contributed by atoms with E-state index in [4.69, 9.17) is 4.74 Å². The van der Waals surface area contributed by atoms with Crippen LogP contribution in [0.4, 0.5) is 0 Å². The molecule has 0 aliphatic heterocycles. The normalized spacial score (nSPS) is 12.9. The van der Waals surface area contributed by atoms with Crippen LogP contribution in [0, 0.1) is 3.57 Å². The number of ether oxygens (including phenoxy) is 1. The number of aromatic nitrogens is 2. The molecule has 0 amide bonds. The van der Waals surface area contributed by atoms with Crippen molar-refractivity contribution in [2.75, 3.05) is 0 Å². The molecule has 0 spiro atoms. The van der Waals surface area contributed by atoms with E-state index in [0.717, 1.165) is 3.57 Å². The maximum atomic E-state index is 12.4. The van der Waals surface area contributed by atoms with Gasteiger partial charge in [-0.15, -0.1) is 0 Å². The Balaban J connectivity index is 2.08. The van der Waals surface area contributed by atoms with Gasteiger partial charge in [-0.3, -0.25) is 9.35 Å². The van der Waals surface area contributed by atoms with E-state index >= 15 is 0 Å². The van der Waals surface area contributed by atoms with Crippen molar-refractivity contribution in [3.63, 3.8) is 0 Å². The van der Waals surface area contributed by atoms with Crippen molar-refractivity contribution in [2.45, 2.75) is 18.8 Å². The van der Waals surface area contributed by atoms with Gasteiger partial charge in [0.15, 0.2) is 0 Å². The molecule has 0 unspecified atom stereocenters. The van der Waals surface area contributed by atoms with Gasteiger partial charge in [0, 0.05) is 3.57 Å². The van der Waals surface area contributed by atoms with Crippen molar-refractivity contribution in [2.24, 2.45) is 0 Å². The average Bonchev–Trinajstić information content (AvgIpc) is 2.60. The molecular formula is C17H15IN2O6S. The highest BCUT2D eigenvalue weighted by molar-refractivity contribution is 14.1. The van der Waals surface area contributed by atoms with Gasteiger partial charge in [-0.25, -0.2) is 4.98 Å². The lowest BCUT2D eigenvalue weighted by atomic mass is 10.1. The molecule has 0 bridgehead atoms. The molecule has 3 aromatic rings. The van der Waals surface area contributed by atoms with E-state index in [1.165, 1.54) is 18.2 Å². The monoisotopic (exact) mass is 502 g/mol. The van der Waals surface area contributed by atoms with Crippen molar-refractivity contribution < 1.29 is 22.8 Å². The molecule has 1 atom stereocenters. The average molecular weight is 502 g/mol. The number of H-pyrrole nitrogens is 1. The van der Waals surface area contributed by atoms with E-state index in [0.29, 0.717) is 10.9 Å². The lowest BCUT2D eigenvalue weighted by Crippen LogP contribution is -2.26. The summed E-state index contributed by atoms with van der Waals surface area (Å²) in [4.78, 5) is 19.3. The number of fused-ring (bicyclic) bond motifs is 1. The van der Waals surface area contributed by atoms with Gasteiger partial charge >= 0.3 is 10.1 Å². The summed E-state index contributed by atoms with van der Waals surface area (Å²) in [6.07, 6.45) is 0.0265. The van der Waals surface area contributed by atoms with Crippen LogP contribution in [0.15, 0.2) is 41.2 Å². The van der Waals surface area contributed by atoms with Crippen molar-refractivity contribution in [1.82, 2.24) is 9.97 Å². The summed E-state index contributed by atoms with van der Waals surface area (Å²) in [6.45, 7) is 1.55. The number of aromatic amines is 1. The van der Waals surface area contributed by atoms with E-state index in [1.54, 1.807) is 25.1 Å². The molecule has 1 heterocycles. The highest BCUT2D eigenvalue weighted by Crippen LogP contribution is 2.31. The molecule has 0 saturated heterocycles. The Labute approximate surface area is 168 Å². The van der Waals surface area contributed by atoms with Gasteiger partial charge in [0.25, 0.3) is 5.56 Å². The zero-order valence-electron chi connectivity index (χ0n) is 14.0. The number of rotatable bonds is 5. The molecular weight excluding hydrogens is 487 g/mol. The molecule has 142 valence electrons. The second kappa shape index (κ2) is 7.44. The van der Waals surface area contributed by atoms with Crippen LogP contribution in [0.2, 0.25) is 0 Å². The van der Waals surface area contributed by atoms with Crippen LogP contribution >= 0.6 is 22.6 Å². The van der Waals surface area contributed by atoms with Crippen LogP contribution in [-0.2, 0) is 10.1 Å². The summed E-state index contributed by atoms with van der Waals surface area (Å²) in [5.41, 5.74) is -1.20. The van der Waals surface area contributed by atoms with E-state index in [2.05, 4.69) is 32.6 Å². The maximum absolute atomic E-state index is 12.4. The first-order valence-corrected chi connectivity index (χ1v) is 10.4. The Hall–Kier alpha value is -2.18. The molecule has 2 aromatic carbocycles. The molecule has 3 N–H and O–H groups in total. The fourth-order valence-electron chi connectivity index (χ4n) is 2.52. The van der Waals surface area contributed by atoms with Crippen LogP contribution in [0.1, 0.15) is 13.3 Å². The molecule has 0 radical (unpaired) electrons.